The lowest BCUT2D eigenvalue weighted by molar-refractivity contribution is -0.140. The Kier molecular flexibility index (Phi) is 8.87. The van der Waals surface area contributed by atoms with E-state index in [9.17, 15) is 18.0 Å². The molecule has 2 aromatic carbocycles. The quantitative estimate of drug-likeness (QED) is 0.570. The summed E-state index contributed by atoms with van der Waals surface area (Å²) in [7, 11) is -0.672. The van der Waals surface area contributed by atoms with Crippen LogP contribution in [0.3, 0.4) is 0 Å². The van der Waals surface area contributed by atoms with Gasteiger partial charge >= 0.3 is 0 Å². The van der Waals surface area contributed by atoms with Crippen LogP contribution in [0.25, 0.3) is 0 Å². The van der Waals surface area contributed by atoms with Gasteiger partial charge in [-0.1, -0.05) is 25.1 Å². The summed E-state index contributed by atoms with van der Waals surface area (Å²) in [5.74, 6) is -0.101. The smallest absolute Gasteiger partial charge is 0.244 e. The molecular formula is C24H33N3O5S. The number of nitrogens with one attached hydrogen (secondary N) is 1. The van der Waals surface area contributed by atoms with Crippen molar-refractivity contribution < 1.29 is 22.7 Å². The lowest BCUT2D eigenvalue weighted by Gasteiger charge is -2.32. The second-order valence-corrected chi connectivity index (χ2v) is 9.93. The van der Waals surface area contributed by atoms with E-state index in [0.717, 1.165) is 27.3 Å². The van der Waals surface area contributed by atoms with Gasteiger partial charge in [0, 0.05) is 13.6 Å². The van der Waals surface area contributed by atoms with Crippen molar-refractivity contribution >= 4 is 27.5 Å². The van der Waals surface area contributed by atoms with Crippen LogP contribution in [0.4, 0.5) is 5.69 Å². The number of benzene rings is 2. The van der Waals surface area contributed by atoms with Gasteiger partial charge in [0.05, 0.1) is 19.1 Å². The summed E-state index contributed by atoms with van der Waals surface area (Å²) >= 11 is 0. The number of hydrogen-bond donors (Lipinski definition) is 1. The third-order valence-corrected chi connectivity index (χ3v) is 6.46. The Morgan fingerprint density at radius 1 is 1.06 bits per heavy atom. The maximum Gasteiger partial charge on any atom is 0.244 e. The van der Waals surface area contributed by atoms with Crippen molar-refractivity contribution in [2.75, 3.05) is 31.3 Å². The van der Waals surface area contributed by atoms with E-state index in [1.807, 2.05) is 39.0 Å². The Morgan fingerprint density at radius 3 is 2.09 bits per heavy atom. The van der Waals surface area contributed by atoms with Crippen molar-refractivity contribution in [1.29, 1.82) is 0 Å². The zero-order valence-electron chi connectivity index (χ0n) is 20.1. The molecule has 180 valence electrons. The van der Waals surface area contributed by atoms with Gasteiger partial charge in [0.2, 0.25) is 21.8 Å². The van der Waals surface area contributed by atoms with Gasteiger partial charge in [-0.2, -0.15) is 0 Å². The highest BCUT2D eigenvalue weighted by Gasteiger charge is 2.31. The van der Waals surface area contributed by atoms with E-state index in [2.05, 4.69) is 5.32 Å². The molecule has 0 aliphatic heterocycles. The molecule has 2 aromatic rings. The Hall–Kier alpha value is -3.07. The minimum Gasteiger partial charge on any atom is -0.497 e. The molecule has 0 radical (unpaired) electrons. The number of rotatable bonds is 10. The number of ether oxygens (including phenoxy) is 1. The highest BCUT2D eigenvalue weighted by atomic mass is 32.2. The number of aryl methyl sites for hydroxylation is 2. The van der Waals surface area contributed by atoms with E-state index in [4.69, 9.17) is 4.74 Å². The minimum absolute atomic E-state index is 0.152. The average molecular weight is 476 g/mol. The van der Waals surface area contributed by atoms with E-state index in [1.54, 1.807) is 31.4 Å². The second-order valence-electron chi connectivity index (χ2n) is 8.02. The van der Waals surface area contributed by atoms with Crippen LogP contribution >= 0.6 is 0 Å². The van der Waals surface area contributed by atoms with E-state index in [1.165, 1.54) is 11.9 Å². The highest BCUT2D eigenvalue weighted by Crippen LogP contribution is 2.23. The van der Waals surface area contributed by atoms with Crippen molar-refractivity contribution in [3.8, 4) is 5.75 Å². The van der Waals surface area contributed by atoms with Crippen LogP contribution in [0.5, 0.6) is 5.75 Å². The summed E-state index contributed by atoms with van der Waals surface area (Å²) in [4.78, 5) is 27.5. The molecule has 0 aliphatic rings. The fourth-order valence-corrected chi connectivity index (χ4v) is 4.56. The first-order chi connectivity index (χ1) is 15.5. The Morgan fingerprint density at radius 2 is 1.64 bits per heavy atom. The number of anilines is 1. The SMILES string of the molecule is CC[C@H](C(=O)NC)N(Cc1ccc(OC)cc1)C(=O)CN(c1cc(C)cc(C)c1)S(C)(=O)=O. The number of sulfonamides is 1. The lowest BCUT2D eigenvalue weighted by atomic mass is 10.1. The molecular weight excluding hydrogens is 442 g/mol. The van der Waals surface area contributed by atoms with Gasteiger partial charge in [-0.25, -0.2) is 8.42 Å². The molecule has 9 heteroatoms. The highest BCUT2D eigenvalue weighted by molar-refractivity contribution is 7.92. The van der Waals surface area contributed by atoms with Crippen LogP contribution in [-0.2, 0) is 26.2 Å². The van der Waals surface area contributed by atoms with Gasteiger partial charge in [-0.05, 0) is 61.2 Å². The topological polar surface area (TPSA) is 96.0 Å². The number of methoxy groups -OCH3 is 1. The number of amides is 2. The minimum atomic E-state index is -3.75. The van der Waals surface area contributed by atoms with Gasteiger partial charge < -0.3 is 15.0 Å². The standard InChI is InChI=1S/C24H33N3O5S/c1-7-22(24(29)25-4)26(15-19-8-10-21(32-5)11-9-19)23(28)16-27(33(6,30)31)20-13-17(2)12-18(3)14-20/h8-14,22H,7,15-16H2,1-6H3,(H,25,29)/t22-/m1/s1. The molecule has 0 saturated carbocycles. The van der Waals surface area contributed by atoms with Crippen molar-refractivity contribution in [1.82, 2.24) is 10.2 Å². The van der Waals surface area contributed by atoms with Gasteiger partial charge in [0.15, 0.2) is 0 Å². The molecule has 0 bridgehead atoms. The van der Waals surface area contributed by atoms with Crippen LogP contribution in [0, 0.1) is 13.8 Å². The van der Waals surface area contributed by atoms with Gasteiger partial charge in [-0.15, -0.1) is 0 Å². The molecule has 1 atom stereocenters. The molecule has 1 N–H and O–H groups in total. The normalized spacial score (nSPS) is 12.1. The van der Waals surface area contributed by atoms with Crippen LogP contribution in [-0.4, -0.2) is 58.1 Å². The van der Waals surface area contributed by atoms with Gasteiger partial charge in [-0.3, -0.25) is 13.9 Å². The van der Waals surface area contributed by atoms with E-state index in [0.29, 0.717) is 17.9 Å². The lowest BCUT2D eigenvalue weighted by Crippen LogP contribution is -2.51. The molecule has 0 aliphatic carbocycles. The molecule has 0 unspecified atom stereocenters. The first-order valence-corrected chi connectivity index (χ1v) is 12.5. The first-order valence-electron chi connectivity index (χ1n) is 10.7. The van der Waals surface area contributed by atoms with Crippen molar-refractivity contribution in [2.45, 2.75) is 39.8 Å². The number of hydrogen-bond acceptors (Lipinski definition) is 5. The summed E-state index contributed by atoms with van der Waals surface area (Å²) in [6, 6.07) is 11.8. The monoisotopic (exact) mass is 475 g/mol. The van der Waals surface area contributed by atoms with E-state index < -0.39 is 28.5 Å². The fraction of sp³-hybridized carbons (Fsp3) is 0.417. The number of likely N-dealkylation sites (N-methyl/N-ethyl adjacent to an activating group) is 1. The van der Waals surface area contributed by atoms with Crippen LogP contribution in [0.1, 0.15) is 30.0 Å². The summed E-state index contributed by atoms with van der Waals surface area (Å²) in [6.45, 7) is 5.29. The van der Waals surface area contributed by atoms with Crippen LogP contribution < -0.4 is 14.4 Å². The third kappa shape index (κ3) is 6.95. The summed E-state index contributed by atoms with van der Waals surface area (Å²) in [5, 5.41) is 2.60. The number of carbonyl (C=O) groups is 2. The summed E-state index contributed by atoms with van der Waals surface area (Å²) in [5.41, 5.74) is 2.99. The van der Waals surface area contributed by atoms with Crippen molar-refractivity contribution in [2.24, 2.45) is 0 Å². The molecule has 33 heavy (non-hydrogen) atoms. The summed E-state index contributed by atoms with van der Waals surface area (Å²) < 4.78 is 31.5. The zero-order valence-corrected chi connectivity index (χ0v) is 20.9. The molecule has 0 aromatic heterocycles. The van der Waals surface area contributed by atoms with E-state index in [-0.39, 0.29) is 12.5 Å². The molecule has 0 spiro atoms. The Balaban J connectivity index is 2.44. The maximum absolute atomic E-state index is 13.5. The molecule has 0 saturated heterocycles. The van der Waals surface area contributed by atoms with Crippen LogP contribution in [0.15, 0.2) is 42.5 Å². The molecule has 0 fully saturated rings. The van der Waals surface area contributed by atoms with E-state index >= 15 is 0 Å². The van der Waals surface area contributed by atoms with Crippen molar-refractivity contribution in [3.63, 3.8) is 0 Å². The fourth-order valence-electron chi connectivity index (χ4n) is 3.72. The predicted octanol–water partition coefficient (Wildman–Crippen LogP) is 2.63. The van der Waals surface area contributed by atoms with Gasteiger partial charge in [0.25, 0.3) is 0 Å². The first kappa shape index (κ1) is 26.2. The van der Waals surface area contributed by atoms with Gasteiger partial charge in [0.1, 0.15) is 18.3 Å². The van der Waals surface area contributed by atoms with Crippen molar-refractivity contribution in [3.05, 3.63) is 59.2 Å². The molecule has 2 amide bonds. The average Bonchev–Trinajstić information content (AvgIpc) is 2.75. The largest absolute Gasteiger partial charge is 0.497 e. The number of carbonyl (C=O) groups excluding carboxylic acids is 2. The second kappa shape index (κ2) is 11.2. The maximum atomic E-state index is 13.5. The van der Waals surface area contributed by atoms with Crippen LogP contribution in [0.2, 0.25) is 0 Å². The number of nitrogens with zero attached hydrogens (tertiary/aromatic N) is 2. The molecule has 2 rings (SSSR count). The third-order valence-electron chi connectivity index (χ3n) is 5.32. The molecule has 8 nitrogen and oxygen atoms in total. The predicted molar refractivity (Wildman–Crippen MR) is 130 cm³/mol. The Bertz CT molecular complexity index is 1060. The summed E-state index contributed by atoms with van der Waals surface area (Å²) in [6.07, 6.45) is 1.45. The Labute approximate surface area is 196 Å². The zero-order chi connectivity index (χ0) is 24.8. The molecule has 0 heterocycles.